The number of para-hydroxylation sites is 1. The molecule has 0 saturated carbocycles. The number of amides is 2. The molecular weight excluding hydrogens is 589 g/mol. The maximum Gasteiger partial charge on any atom is 0.264 e. The smallest absolute Gasteiger partial charge is 0.264 e. The summed E-state index contributed by atoms with van der Waals surface area (Å²) in [4.78, 5) is 29.5. The number of fused-ring (bicyclic) bond motifs is 2. The molecule has 2 amide bonds. The maximum atomic E-state index is 16.2. The number of hydrogen-bond donors (Lipinski definition) is 1. The van der Waals surface area contributed by atoms with Crippen LogP contribution in [0.15, 0.2) is 85.1 Å². The number of aliphatic hydroxyl groups excluding tert-OH is 1. The molecule has 3 heterocycles. The maximum absolute atomic E-state index is 16.2. The number of carbonyl (C=O) groups excluding carboxylic acids is 2. The van der Waals surface area contributed by atoms with Crippen LogP contribution in [0.25, 0.3) is 0 Å². The number of ether oxygens (including phenoxy) is 1. The number of benzene rings is 3. The Morgan fingerprint density at radius 3 is 2.42 bits per heavy atom. The molecule has 0 radical (unpaired) electrons. The summed E-state index contributed by atoms with van der Waals surface area (Å²) in [6, 6.07) is 24.4. The van der Waals surface area contributed by atoms with Crippen molar-refractivity contribution in [3.05, 3.63) is 102 Å². The number of aromatic nitrogens is 3. The lowest BCUT2D eigenvalue weighted by Crippen LogP contribution is -2.44. The Morgan fingerprint density at radius 2 is 1.78 bits per heavy atom. The number of halogens is 1. The van der Waals surface area contributed by atoms with Crippen LogP contribution in [0, 0.1) is 5.92 Å². The summed E-state index contributed by atoms with van der Waals surface area (Å²) in [6.07, 6.45) is 2.43. The van der Waals surface area contributed by atoms with E-state index in [-0.39, 0.29) is 18.4 Å². The largest absolute Gasteiger partial charge is 0.395 e. The number of anilines is 3. The highest BCUT2D eigenvalue weighted by Gasteiger charge is 2.66. The molecule has 5 atom stereocenters. The minimum absolute atomic E-state index is 0.110. The first kappa shape index (κ1) is 30.8. The molecule has 9 nitrogen and oxygen atoms in total. The number of likely N-dealkylation sites (N-methyl/N-ethyl adjacent to an activating group) is 1. The molecule has 2 aliphatic heterocycles. The minimum Gasteiger partial charge on any atom is -0.395 e. The second-order valence-electron chi connectivity index (χ2n) is 12.5. The van der Waals surface area contributed by atoms with Gasteiger partial charge in [-0.15, -0.1) is 5.10 Å². The predicted molar refractivity (Wildman–Crippen MR) is 173 cm³/mol. The molecule has 1 N–H and O–H groups in total. The molecule has 45 heavy (non-hydrogen) atoms. The van der Waals surface area contributed by atoms with E-state index in [2.05, 4.69) is 10.3 Å². The summed E-state index contributed by atoms with van der Waals surface area (Å²) < 4.78 is 24.7. The van der Waals surface area contributed by atoms with Gasteiger partial charge in [-0.05, 0) is 55.4 Å². The molecule has 4 aromatic rings. The third-order valence-corrected chi connectivity index (χ3v) is 11.9. The lowest BCUT2D eigenvalue weighted by molar-refractivity contribution is -0.145. The molecule has 11 heteroatoms. The Hall–Kier alpha value is -4.19. The number of carbonyl (C=O) groups is 2. The zero-order chi connectivity index (χ0) is 31.9. The molecule has 1 aromatic heterocycles. The van der Waals surface area contributed by atoms with Crippen molar-refractivity contribution in [3.8, 4) is 0 Å². The second kappa shape index (κ2) is 12.0. The van der Waals surface area contributed by atoms with Gasteiger partial charge in [0.25, 0.3) is 5.91 Å². The lowest BCUT2D eigenvalue weighted by Gasteiger charge is -2.31. The summed E-state index contributed by atoms with van der Waals surface area (Å²) in [5, 5.41) is 18.7. The Kier molecular flexibility index (Phi) is 8.19. The monoisotopic (exact) mass is 627 g/mol. The lowest BCUT2D eigenvalue weighted by atomic mass is 9.82. The van der Waals surface area contributed by atoms with Crippen LogP contribution in [-0.4, -0.2) is 60.6 Å². The van der Waals surface area contributed by atoms with Gasteiger partial charge in [0.2, 0.25) is 14.8 Å². The molecule has 2 aliphatic rings. The van der Waals surface area contributed by atoms with Gasteiger partial charge < -0.3 is 18.9 Å². The molecule has 1 fully saturated rings. The van der Waals surface area contributed by atoms with Gasteiger partial charge in [-0.3, -0.25) is 19.2 Å². The first-order valence-electron chi connectivity index (χ1n) is 15.2. The molecule has 1 spiro atoms. The number of aliphatic hydroxyl groups is 1. The van der Waals surface area contributed by atoms with E-state index in [0.29, 0.717) is 41.3 Å². The van der Waals surface area contributed by atoms with E-state index < -0.39 is 31.6 Å². The van der Waals surface area contributed by atoms with Gasteiger partial charge in [0, 0.05) is 48.2 Å². The fourth-order valence-corrected chi connectivity index (χ4v) is 9.86. The summed E-state index contributed by atoms with van der Waals surface area (Å²) in [5.74, 6) is -0.998. The van der Waals surface area contributed by atoms with Crippen molar-refractivity contribution < 1.29 is 23.5 Å². The molecule has 0 aliphatic carbocycles. The van der Waals surface area contributed by atoms with Crippen molar-refractivity contribution in [1.29, 1.82) is 0 Å². The van der Waals surface area contributed by atoms with E-state index in [4.69, 9.17) is 4.74 Å². The van der Waals surface area contributed by atoms with E-state index >= 15 is 4.11 Å². The van der Waals surface area contributed by atoms with E-state index in [0.717, 1.165) is 12.0 Å². The van der Waals surface area contributed by atoms with Crippen LogP contribution in [-0.2, 0) is 26.5 Å². The molecule has 3 aromatic carbocycles. The number of aryl methyl sites for hydroxylation is 1. The summed E-state index contributed by atoms with van der Waals surface area (Å²) in [5.41, 5.74) is 2.33. The first-order chi connectivity index (χ1) is 21.6. The summed E-state index contributed by atoms with van der Waals surface area (Å²) in [6.45, 7) is 5.55. The Labute approximate surface area is 263 Å². The molecule has 0 bridgehead atoms. The fourth-order valence-electron chi connectivity index (χ4n) is 7.32. The minimum atomic E-state index is -3.35. The molecule has 234 valence electrons. The van der Waals surface area contributed by atoms with Gasteiger partial charge in [0.15, 0.2) is 5.60 Å². The highest BCUT2D eigenvalue weighted by molar-refractivity contribution is 6.72. The Balaban J connectivity index is 1.31. The third-order valence-electron chi connectivity index (χ3n) is 9.43. The standard InChI is InChI=1S/C34H38FN5O4Si/c1-23-32(45(3,4)35)31(17-18-39-20-29(36-37-39)27(21-41)24-11-7-5-8-12-24)44-34(23)28-19-26(15-16-30(28)38(2)33(34)43)40(22-42)25-13-9-6-10-14-25/h5-16,19-20,22-23,27,31-32,41H,17-18,21H2,1-4H3/t23-,27?,31+,32-,34+/m0/s1. The Bertz CT molecular complexity index is 1680. The van der Waals surface area contributed by atoms with Gasteiger partial charge in [0.1, 0.15) is 0 Å². The van der Waals surface area contributed by atoms with Crippen molar-refractivity contribution in [2.24, 2.45) is 5.92 Å². The quantitative estimate of drug-likeness (QED) is 0.141. The molecule has 1 saturated heterocycles. The highest BCUT2D eigenvalue weighted by Crippen LogP contribution is 2.60. The van der Waals surface area contributed by atoms with Gasteiger partial charge in [0.05, 0.1) is 30.0 Å². The fraction of sp³-hybridized carbons (Fsp3) is 0.353. The van der Waals surface area contributed by atoms with Crippen molar-refractivity contribution >= 4 is 37.8 Å². The topological polar surface area (TPSA) is 101 Å². The van der Waals surface area contributed by atoms with Crippen LogP contribution < -0.4 is 9.80 Å². The zero-order valence-corrected chi connectivity index (χ0v) is 26.9. The van der Waals surface area contributed by atoms with E-state index in [9.17, 15) is 14.7 Å². The van der Waals surface area contributed by atoms with Crippen molar-refractivity contribution in [2.45, 2.75) is 56.1 Å². The Morgan fingerprint density at radius 1 is 1.09 bits per heavy atom. The van der Waals surface area contributed by atoms with Crippen LogP contribution in [0.2, 0.25) is 18.6 Å². The van der Waals surface area contributed by atoms with Gasteiger partial charge in [-0.2, -0.15) is 0 Å². The summed E-state index contributed by atoms with van der Waals surface area (Å²) in [7, 11) is -1.64. The normalized spacial score (nSPS) is 23.4. The van der Waals surface area contributed by atoms with Crippen LogP contribution in [0.5, 0.6) is 0 Å². The highest BCUT2D eigenvalue weighted by atomic mass is 28.4. The number of rotatable bonds is 10. The number of nitrogens with zero attached hydrogens (tertiary/aromatic N) is 5. The molecule has 6 rings (SSSR count). The average molecular weight is 628 g/mol. The summed E-state index contributed by atoms with van der Waals surface area (Å²) >= 11 is 0. The second-order valence-corrected chi connectivity index (χ2v) is 16.3. The van der Waals surface area contributed by atoms with Crippen LogP contribution in [0.4, 0.5) is 21.2 Å². The van der Waals surface area contributed by atoms with Crippen LogP contribution in [0.3, 0.4) is 0 Å². The average Bonchev–Trinajstić information content (AvgIpc) is 3.68. The van der Waals surface area contributed by atoms with E-state index in [1.165, 1.54) is 4.90 Å². The van der Waals surface area contributed by atoms with Gasteiger partial charge in [-0.25, -0.2) is 0 Å². The number of hydrogen-bond acceptors (Lipinski definition) is 6. The molecular formula is C34H38FN5O4Si. The predicted octanol–water partition coefficient (Wildman–Crippen LogP) is 5.54. The third kappa shape index (κ3) is 5.28. The first-order valence-corrected chi connectivity index (χ1v) is 18.2. The SMILES string of the molecule is C[C@H]1[C@H]([Si](C)(C)F)[C@@H](CCn2cc(C(CO)c3ccccc3)nn2)O[C@]12C(=O)N(C)c1ccc(N(C=O)c3ccccc3)cc12. The van der Waals surface area contributed by atoms with Gasteiger partial charge >= 0.3 is 0 Å². The van der Waals surface area contributed by atoms with Crippen molar-refractivity contribution in [2.75, 3.05) is 23.5 Å². The van der Waals surface area contributed by atoms with E-state index in [1.807, 2.05) is 92.0 Å². The van der Waals surface area contributed by atoms with Crippen LogP contribution in [0.1, 0.15) is 36.1 Å². The molecule has 1 unspecified atom stereocenters. The van der Waals surface area contributed by atoms with Crippen molar-refractivity contribution in [3.63, 3.8) is 0 Å². The van der Waals surface area contributed by atoms with Crippen molar-refractivity contribution in [1.82, 2.24) is 15.0 Å². The van der Waals surface area contributed by atoms with Gasteiger partial charge in [-0.1, -0.05) is 60.7 Å². The van der Waals surface area contributed by atoms with Crippen LogP contribution >= 0.6 is 0 Å². The zero-order valence-electron chi connectivity index (χ0n) is 25.9. The van der Waals surface area contributed by atoms with E-state index in [1.54, 1.807) is 29.7 Å².